The maximum atomic E-state index is 12.5. The van der Waals surface area contributed by atoms with Crippen molar-refractivity contribution in [1.82, 2.24) is 45.1 Å². The van der Waals surface area contributed by atoms with E-state index in [4.69, 9.17) is 26.8 Å². The quantitative estimate of drug-likeness (QED) is 0.137. The lowest BCUT2D eigenvalue weighted by Crippen LogP contribution is -2.46. The predicted octanol–water partition coefficient (Wildman–Crippen LogP) is -0.144. The van der Waals surface area contributed by atoms with E-state index in [0.717, 1.165) is 10.1 Å². The molecule has 6 N–H and O–H groups in total. The second-order valence-corrected chi connectivity index (χ2v) is 8.63. The van der Waals surface area contributed by atoms with Gasteiger partial charge in [-0.15, -0.1) is 5.10 Å². The van der Waals surface area contributed by atoms with Crippen LogP contribution in [0.3, 0.4) is 0 Å². The summed E-state index contributed by atoms with van der Waals surface area (Å²) in [5.74, 6) is -1.50. The number of aromatic amines is 1. The number of nitrogens with zero attached hydrogens (tertiary/aromatic N) is 8. The van der Waals surface area contributed by atoms with Gasteiger partial charge in [-0.25, -0.2) is 14.9 Å². The van der Waals surface area contributed by atoms with E-state index in [1.54, 1.807) is 18.5 Å². The molecule has 0 amide bonds. The number of carboxylic acid groups (broad SMARTS) is 1. The predicted molar refractivity (Wildman–Crippen MR) is 129 cm³/mol. The molecule has 38 heavy (non-hydrogen) atoms. The molecule has 17 heteroatoms. The van der Waals surface area contributed by atoms with Gasteiger partial charge in [-0.05, 0) is 52.9 Å². The molecule has 1 unspecified atom stereocenters. The van der Waals surface area contributed by atoms with Gasteiger partial charge in [0.05, 0.1) is 12.9 Å². The fourth-order valence-corrected chi connectivity index (χ4v) is 4.11. The highest BCUT2D eigenvalue weighted by molar-refractivity contribution is 6.28. The number of hydrogen-bond acceptors (Lipinski definition) is 13. The van der Waals surface area contributed by atoms with Crippen LogP contribution in [0.25, 0.3) is 11.2 Å². The van der Waals surface area contributed by atoms with Crippen molar-refractivity contribution in [2.75, 3.05) is 19.5 Å². The Bertz CT molecular complexity index is 1360. The molecule has 0 fully saturated rings. The third-order valence-electron chi connectivity index (χ3n) is 5.98. The molecule has 4 aromatic rings. The number of H-pyrrole nitrogens is 1. The summed E-state index contributed by atoms with van der Waals surface area (Å²) in [5, 5.41) is 45.0. The Morgan fingerprint density at radius 2 is 2.16 bits per heavy atom. The molecule has 0 aliphatic carbocycles. The van der Waals surface area contributed by atoms with Gasteiger partial charge in [0, 0.05) is 19.5 Å². The maximum absolute atomic E-state index is 12.5. The topological polar surface area (TPSA) is 233 Å². The standard InChI is InChI=1S/C21H25ClN10O6/c1-37-12(14(33)17(34)32-10-25-13-15(23)26-20(22)27-16(13)32)9-38-21(19(35)36,18-28-30-31-29-18)6-2-4-11-5-3-7-24-8-11/h3,5,7-8,10,12,14,17,33-34H,2,4,6,9H2,1H3,(H,35,36)(H2,23,26,27)(H,28,29,30,31)/t12-,14-,17-,21?/m1/s1. The molecule has 0 radical (unpaired) electrons. The Morgan fingerprint density at radius 1 is 1.34 bits per heavy atom. The number of nitrogens with two attached hydrogens (primary N) is 1. The van der Waals surface area contributed by atoms with Crippen molar-refractivity contribution in [3.05, 3.63) is 47.5 Å². The minimum absolute atomic E-state index is 0.00902. The zero-order valence-electron chi connectivity index (χ0n) is 20.0. The van der Waals surface area contributed by atoms with Gasteiger partial charge in [0.1, 0.15) is 17.7 Å². The van der Waals surface area contributed by atoms with Crippen LogP contribution < -0.4 is 5.73 Å². The molecule has 0 spiro atoms. The number of aliphatic carboxylic acids is 1. The smallest absolute Gasteiger partial charge is 0.344 e. The lowest BCUT2D eigenvalue weighted by atomic mass is 9.94. The van der Waals surface area contributed by atoms with Gasteiger partial charge < -0.3 is 30.5 Å². The average Bonchev–Trinajstić information content (AvgIpc) is 3.59. The minimum atomic E-state index is -2.00. The van der Waals surface area contributed by atoms with Crippen molar-refractivity contribution < 1.29 is 29.6 Å². The Kier molecular flexibility index (Phi) is 8.38. The van der Waals surface area contributed by atoms with E-state index in [9.17, 15) is 20.1 Å². The van der Waals surface area contributed by atoms with Crippen molar-refractivity contribution in [2.45, 2.75) is 43.3 Å². The molecule has 0 saturated heterocycles. The number of aliphatic hydroxyl groups excluding tert-OH is 2. The second-order valence-electron chi connectivity index (χ2n) is 8.29. The Balaban J connectivity index is 1.53. The summed E-state index contributed by atoms with van der Waals surface area (Å²) in [6, 6.07) is 3.65. The van der Waals surface area contributed by atoms with Crippen molar-refractivity contribution in [3.63, 3.8) is 0 Å². The molecule has 4 heterocycles. The first kappa shape index (κ1) is 27.2. The van der Waals surface area contributed by atoms with Crippen molar-refractivity contribution >= 4 is 34.6 Å². The number of carbonyl (C=O) groups is 1. The van der Waals surface area contributed by atoms with Crippen LogP contribution in [0.4, 0.5) is 5.82 Å². The van der Waals surface area contributed by atoms with Crippen LogP contribution in [0.2, 0.25) is 5.28 Å². The molecule has 0 aliphatic rings. The Morgan fingerprint density at radius 3 is 2.82 bits per heavy atom. The zero-order chi connectivity index (χ0) is 27.3. The number of carboxylic acids is 1. The van der Waals surface area contributed by atoms with Gasteiger partial charge >= 0.3 is 5.97 Å². The minimum Gasteiger partial charge on any atom is -0.479 e. The van der Waals surface area contributed by atoms with Gasteiger partial charge in [-0.3, -0.25) is 9.55 Å². The molecule has 0 aliphatic heterocycles. The zero-order valence-corrected chi connectivity index (χ0v) is 20.8. The number of fused-ring (bicyclic) bond motifs is 1. The van der Waals surface area contributed by atoms with E-state index in [2.05, 4.69) is 40.6 Å². The summed E-state index contributed by atoms with van der Waals surface area (Å²) in [7, 11) is 1.27. The monoisotopic (exact) mass is 548 g/mol. The van der Waals surface area contributed by atoms with Crippen molar-refractivity contribution in [3.8, 4) is 0 Å². The Labute approximate surface area is 219 Å². The normalized spacial score (nSPS) is 15.7. The number of rotatable bonds is 13. The van der Waals surface area contributed by atoms with Gasteiger partial charge in [-0.1, -0.05) is 6.07 Å². The number of halogens is 1. The summed E-state index contributed by atoms with van der Waals surface area (Å²) in [6.07, 6.45) is 0.931. The third kappa shape index (κ3) is 5.53. The van der Waals surface area contributed by atoms with Crippen LogP contribution in [0.15, 0.2) is 30.9 Å². The number of aromatic nitrogens is 9. The second kappa shape index (κ2) is 11.7. The third-order valence-corrected chi connectivity index (χ3v) is 6.15. The van der Waals surface area contributed by atoms with Gasteiger partial charge in [-0.2, -0.15) is 9.97 Å². The van der Waals surface area contributed by atoms with Crippen molar-refractivity contribution in [1.29, 1.82) is 0 Å². The largest absolute Gasteiger partial charge is 0.479 e. The molecule has 4 atom stereocenters. The maximum Gasteiger partial charge on any atom is 0.344 e. The Hall–Kier alpha value is -3.83. The number of hydrogen-bond donors (Lipinski definition) is 5. The first-order valence-corrected chi connectivity index (χ1v) is 11.7. The summed E-state index contributed by atoms with van der Waals surface area (Å²) in [4.78, 5) is 28.4. The lowest BCUT2D eigenvalue weighted by molar-refractivity contribution is -0.186. The van der Waals surface area contributed by atoms with E-state index in [1.165, 1.54) is 13.4 Å². The summed E-state index contributed by atoms with van der Waals surface area (Å²) in [6.45, 7) is -0.459. The van der Waals surface area contributed by atoms with Crippen LogP contribution >= 0.6 is 11.6 Å². The average molecular weight is 549 g/mol. The van der Waals surface area contributed by atoms with E-state index in [0.29, 0.717) is 12.8 Å². The number of imidazole rings is 1. The fraction of sp³-hybridized carbons (Fsp3) is 0.429. The number of ether oxygens (including phenoxy) is 2. The molecule has 4 rings (SSSR count). The molecular weight excluding hydrogens is 524 g/mol. The van der Waals surface area contributed by atoms with E-state index >= 15 is 0 Å². The molecule has 0 aromatic carbocycles. The van der Waals surface area contributed by atoms with Crippen LogP contribution in [0, 0.1) is 0 Å². The number of nitrogen functional groups attached to an aromatic ring is 1. The van der Waals surface area contributed by atoms with E-state index in [-0.39, 0.29) is 34.5 Å². The summed E-state index contributed by atoms with van der Waals surface area (Å²) in [5.41, 5.74) is 4.96. The lowest BCUT2D eigenvalue weighted by Gasteiger charge is -2.31. The molecule has 16 nitrogen and oxygen atoms in total. The number of aliphatic hydroxyl groups is 2. The first-order valence-electron chi connectivity index (χ1n) is 11.3. The SMILES string of the molecule is CO[C@H](COC(CCCc1cccnc1)(C(=O)O)c1nnn[nH]1)[C@@H](O)[C@@H](O)n1cnc2c(N)nc(Cl)nc21. The molecule has 202 valence electrons. The highest BCUT2D eigenvalue weighted by atomic mass is 35.5. The van der Waals surface area contributed by atoms with E-state index in [1.807, 2.05) is 6.07 Å². The van der Waals surface area contributed by atoms with Crippen LogP contribution in [0.1, 0.15) is 30.5 Å². The fourth-order valence-electron chi connectivity index (χ4n) is 3.94. The molecule has 0 saturated carbocycles. The number of anilines is 1. The summed E-state index contributed by atoms with van der Waals surface area (Å²) >= 11 is 5.88. The molecule has 4 aromatic heterocycles. The highest BCUT2D eigenvalue weighted by Crippen LogP contribution is 2.31. The van der Waals surface area contributed by atoms with Gasteiger partial charge in [0.2, 0.25) is 10.9 Å². The van der Waals surface area contributed by atoms with E-state index < -0.39 is 36.6 Å². The van der Waals surface area contributed by atoms with Gasteiger partial charge in [0.15, 0.2) is 23.5 Å². The number of pyridine rings is 1. The number of tetrazole rings is 1. The number of nitrogens with one attached hydrogen (secondary N) is 1. The van der Waals surface area contributed by atoms with Crippen molar-refractivity contribution in [2.24, 2.45) is 0 Å². The molecule has 0 bridgehead atoms. The number of aryl methyl sites for hydroxylation is 1. The number of methoxy groups -OCH3 is 1. The molecular formula is C21H25ClN10O6. The van der Waals surface area contributed by atoms with Crippen LogP contribution in [-0.4, -0.2) is 92.3 Å². The van der Waals surface area contributed by atoms with Crippen LogP contribution in [0.5, 0.6) is 0 Å². The summed E-state index contributed by atoms with van der Waals surface area (Å²) < 4.78 is 12.3. The van der Waals surface area contributed by atoms with Crippen LogP contribution in [-0.2, 0) is 26.3 Å². The van der Waals surface area contributed by atoms with Gasteiger partial charge in [0.25, 0.3) is 0 Å². The first-order chi connectivity index (χ1) is 18.3. The highest BCUT2D eigenvalue weighted by Gasteiger charge is 2.46.